The van der Waals surface area contributed by atoms with E-state index in [4.69, 9.17) is 0 Å². The molecule has 0 aliphatic rings. The van der Waals surface area contributed by atoms with Crippen LogP contribution in [0.4, 0.5) is 5.69 Å². The van der Waals surface area contributed by atoms with Gasteiger partial charge in [-0.2, -0.15) is 0 Å². The van der Waals surface area contributed by atoms with Crippen molar-refractivity contribution in [3.8, 4) is 11.4 Å². The Kier molecular flexibility index (Phi) is 3.88. The lowest BCUT2D eigenvalue weighted by atomic mass is 9.92. The van der Waals surface area contributed by atoms with Crippen molar-refractivity contribution in [1.29, 1.82) is 0 Å². The average Bonchev–Trinajstić information content (AvgIpc) is 2.40. The fourth-order valence-corrected chi connectivity index (χ4v) is 1.70. The molecule has 0 aliphatic carbocycles. The molecule has 0 saturated carbocycles. The van der Waals surface area contributed by atoms with Crippen LogP contribution in [0.1, 0.15) is 20.8 Å². The third-order valence-electron chi connectivity index (χ3n) is 2.91. The van der Waals surface area contributed by atoms with Crippen LogP contribution in [0.25, 0.3) is 11.4 Å². The Labute approximate surface area is 120 Å². The van der Waals surface area contributed by atoms with Gasteiger partial charge in [-0.1, -0.05) is 38.4 Å². The SMILES string of the molecule is Bc1ccc(NC(=O)C(C)(C)C)c(-c2ncccn2)c1. The zero-order valence-electron chi connectivity index (χ0n) is 12.3. The highest BCUT2D eigenvalue weighted by Crippen LogP contribution is 2.25. The Morgan fingerprint density at radius 3 is 2.45 bits per heavy atom. The third-order valence-corrected chi connectivity index (χ3v) is 2.91. The van der Waals surface area contributed by atoms with E-state index in [1.54, 1.807) is 18.5 Å². The number of anilines is 1. The summed E-state index contributed by atoms with van der Waals surface area (Å²) in [6, 6.07) is 7.61. The van der Waals surface area contributed by atoms with Crippen LogP contribution in [0, 0.1) is 5.41 Å². The van der Waals surface area contributed by atoms with Gasteiger partial charge in [-0.3, -0.25) is 4.79 Å². The van der Waals surface area contributed by atoms with Gasteiger partial charge in [0.05, 0.1) is 5.69 Å². The van der Waals surface area contributed by atoms with Crippen LogP contribution in [0.15, 0.2) is 36.7 Å². The molecule has 2 aromatic rings. The molecule has 1 aromatic heterocycles. The number of aromatic nitrogens is 2. The largest absolute Gasteiger partial charge is 0.325 e. The molecule has 102 valence electrons. The summed E-state index contributed by atoms with van der Waals surface area (Å²) in [5.41, 5.74) is 2.23. The number of carbonyl (C=O) groups excluding carboxylic acids is 1. The van der Waals surface area contributed by atoms with Crippen LogP contribution in [0.2, 0.25) is 0 Å². The van der Waals surface area contributed by atoms with E-state index < -0.39 is 5.41 Å². The van der Waals surface area contributed by atoms with Crippen molar-refractivity contribution in [3.05, 3.63) is 36.7 Å². The summed E-state index contributed by atoms with van der Waals surface area (Å²) in [5, 5.41) is 2.96. The second kappa shape index (κ2) is 5.45. The maximum atomic E-state index is 12.2. The molecule has 0 fully saturated rings. The van der Waals surface area contributed by atoms with E-state index in [0.29, 0.717) is 5.82 Å². The molecule has 0 bridgehead atoms. The zero-order valence-corrected chi connectivity index (χ0v) is 12.3. The van der Waals surface area contributed by atoms with Gasteiger partial charge in [0.2, 0.25) is 5.91 Å². The molecule has 0 atom stereocenters. The van der Waals surface area contributed by atoms with Crippen molar-refractivity contribution < 1.29 is 4.79 Å². The van der Waals surface area contributed by atoms with Gasteiger partial charge < -0.3 is 5.32 Å². The number of benzene rings is 1. The monoisotopic (exact) mass is 267 g/mol. The van der Waals surface area contributed by atoms with E-state index in [0.717, 1.165) is 16.7 Å². The van der Waals surface area contributed by atoms with Gasteiger partial charge in [0, 0.05) is 23.4 Å². The lowest BCUT2D eigenvalue weighted by Crippen LogP contribution is -2.28. The lowest BCUT2D eigenvalue weighted by Gasteiger charge is -2.19. The number of nitrogens with zero attached hydrogens (tertiary/aromatic N) is 2. The summed E-state index contributed by atoms with van der Waals surface area (Å²) in [6.07, 6.45) is 3.39. The normalized spacial score (nSPS) is 11.2. The number of nitrogens with one attached hydrogen (secondary N) is 1. The van der Waals surface area contributed by atoms with E-state index >= 15 is 0 Å². The fourth-order valence-electron chi connectivity index (χ4n) is 1.70. The first-order valence-electron chi connectivity index (χ1n) is 6.57. The fraction of sp³-hybridized carbons (Fsp3) is 0.267. The topological polar surface area (TPSA) is 54.9 Å². The van der Waals surface area contributed by atoms with Crippen molar-refractivity contribution in [2.45, 2.75) is 20.8 Å². The van der Waals surface area contributed by atoms with Crippen LogP contribution >= 0.6 is 0 Å². The molecule has 0 unspecified atom stereocenters. The second-order valence-corrected chi connectivity index (χ2v) is 5.83. The van der Waals surface area contributed by atoms with E-state index in [1.165, 1.54) is 0 Å². The molecule has 5 heteroatoms. The molecule has 0 radical (unpaired) electrons. The predicted molar refractivity (Wildman–Crippen MR) is 83.7 cm³/mol. The molecular formula is C15H18BN3O. The van der Waals surface area contributed by atoms with Gasteiger partial charge in [-0.25, -0.2) is 9.97 Å². The molecule has 0 saturated heterocycles. The summed E-state index contributed by atoms with van der Waals surface area (Å²) >= 11 is 0. The molecule has 20 heavy (non-hydrogen) atoms. The maximum Gasteiger partial charge on any atom is 0.229 e. The highest BCUT2D eigenvalue weighted by molar-refractivity contribution is 6.32. The first-order chi connectivity index (χ1) is 9.38. The van der Waals surface area contributed by atoms with Crippen molar-refractivity contribution in [1.82, 2.24) is 9.97 Å². The molecular weight excluding hydrogens is 249 g/mol. The summed E-state index contributed by atoms with van der Waals surface area (Å²) in [5.74, 6) is 0.582. The van der Waals surface area contributed by atoms with E-state index in [1.807, 2.05) is 46.8 Å². The summed E-state index contributed by atoms with van der Waals surface area (Å²) in [4.78, 5) is 20.7. The Bertz CT molecular complexity index is 621. The number of rotatable bonds is 2. The van der Waals surface area contributed by atoms with Crippen LogP contribution < -0.4 is 10.8 Å². The van der Waals surface area contributed by atoms with Crippen molar-refractivity contribution in [2.75, 3.05) is 5.32 Å². The van der Waals surface area contributed by atoms with Gasteiger partial charge in [0.15, 0.2) is 5.82 Å². The number of carbonyl (C=O) groups is 1. The molecule has 1 heterocycles. The zero-order chi connectivity index (χ0) is 14.8. The predicted octanol–water partition coefficient (Wildman–Crippen LogP) is 1.39. The van der Waals surface area contributed by atoms with Gasteiger partial charge in [-0.05, 0) is 12.1 Å². The Morgan fingerprint density at radius 2 is 1.85 bits per heavy atom. The van der Waals surface area contributed by atoms with Crippen LogP contribution in [-0.2, 0) is 4.79 Å². The summed E-state index contributed by atoms with van der Waals surface area (Å²) < 4.78 is 0. The average molecular weight is 267 g/mol. The van der Waals surface area contributed by atoms with E-state index in [-0.39, 0.29) is 5.91 Å². The van der Waals surface area contributed by atoms with Crippen molar-refractivity contribution >= 4 is 24.9 Å². The van der Waals surface area contributed by atoms with Gasteiger partial charge >= 0.3 is 0 Å². The van der Waals surface area contributed by atoms with Crippen molar-refractivity contribution in [2.24, 2.45) is 5.41 Å². The first-order valence-corrected chi connectivity index (χ1v) is 6.57. The molecule has 1 aromatic carbocycles. The van der Waals surface area contributed by atoms with E-state index in [9.17, 15) is 4.79 Å². The van der Waals surface area contributed by atoms with Gasteiger partial charge in [-0.15, -0.1) is 0 Å². The van der Waals surface area contributed by atoms with Gasteiger partial charge in [0.25, 0.3) is 0 Å². The Balaban J connectivity index is 2.42. The van der Waals surface area contributed by atoms with Crippen LogP contribution in [0.3, 0.4) is 0 Å². The van der Waals surface area contributed by atoms with Crippen LogP contribution in [0.5, 0.6) is 0 Å². The third kappa shape index (κ3) is 3.23. The summed E-state index contributed by atoms with van der Waals surface area (Å²) in [7, 11) is 2.00. The molecule has 0 spiro atoms. The smallest absolute Gasteiger partial charge is 0.229 e. The first kappa shape index (κ1) is 14.2. The standard InChI is InChI=1S/C15H18BN3O/c1-15(2,3)14(20)19-12-6-5-10(16)9-11(12)13-17-7-4-8-18-13/h4-9H,16H2,1-3H3,(H,19,20). The Morgan fingerprint density at radius 1 is 1.20 bits per heavy atom. The molecule has 1 amide bonds. The van der Waals surface area contributed by atoms with Crippen LogP contribution in [-0.4, -0.2) is 23.7 Å². The minimum atomic E-state index is -0.445. The molecule has 4 nitrogen and oxygen atoms in total. The maximum absolute atomic E-state index is 12.2. The number of amides is 1. The minimum Gasteiger partial charge on any atom is -0.325 e. The lowest BCUT2D eigenvalue weighted by molar-refractivity contribution is -0.123. The number of hydrogen-bond acceptors (Lipinski definition) is 3. The van der Waals surface area contributed by atoms with Crippen molar-refractivity contribution in [3.63, 3.8) is 0 Å². The van der Waals surface area contributed by atoms with E-state index in [2.05, 4.69) is 15.3 Å². The molecule has 1 N–H and O–H groups in total. The minimum absolute atomic E-state index is 0.0291. The van der Waals surface area contributed by atoms with Gasteiger partial charge in [0.1, 0.15) is 7.85 Å². The Hall–Kier alpha value is -2.17. The molecule has 0 aliphatic heterocycles. The summed E-state index contributed by atoms with van der Waals surface area (Å²) in [6.45, 7) is 5.65. The molecule has 2 rings (SSSR count). The number of hydrogen-bond donors (Lipinski definition) is 1. The quantitative estimate of drug-likeness (QED) is 0.836. The second-order valence-electron chi connectivity index (χ2n) is 5.83. The highest BCUT2D eigenvalue weighted by atomic mass is 16.2. The highest BCUT2D eigenvalue weighted by Gasteiger charge is 2.22.